The summed E-state index contributed by atoms with van der Waals surface area (Å²) in [5.74, 6) is -27.5. The molecule has 13 atom stereocenters. The Morgan fingerprint density at radius 3 is 1.68 bits per heavy atom. The Labute approximate surface area is 641 Å². The SMILES string of the molecule is CCCCCCCCCC(=O)N[C@H](Cc1c[nH]c2ccccc12)C(=O)N[C@H](CC(N)=O)C(=O)N[C@@H](CC(=O)O)C(=O)NC1C(=O)NCC(=O)N[C@@H](CCCN)C(=O)N[C@@H](CC(=O)O)C(=O)N[C@H](C)C(=O)N[C@@H](CC(=O)O)C(=O)NCC(=O)N[C@H](CO)C(=O)N[C@H]([C@@H](C)CC(=O)O)C(=O)NC(Cc2ccccc2)C(=O)O[C@H]1C. The van der Waals surface area contributed by atoms with E-state index < -0.39 is 249 Å². The lowest BCUT2D eigenvalue weighted by Gasteiger charge is -2.30. The van der Waals surface area contributed by atoms with Crippen LogP contribution >= 0.6 is 0 Å². The van der Waals surface area contributed by atoms with Crippen molar-refractivity contribution in [3.8, 4) is 0 Å². The van der Waals surface area contributed by atoms with E-state index in [0.717, 1.165) is 52.9 Å². The number of aromatic nitrogens is 1. The van der Waals surface area contributed by atoms with Crippen LogP contribution in [0.5, 0.6) is 0 Å². The number of ether oxygens (including phenoxy) is 1. The average molecular weight is 1580 g/mol. The number of carbonyl (C=O) groups excluding carboxylic acids is 15. The van der Waals surface area contributed by atoms with Crippen LogP contribution < -0.4 is 80.6 Å². The number of hydrogen-bond donors (Lipinski definition) is 21. The fourth-order valence-corrected chi connectivity index (χ4v) is 11.5. The number of primary amides is 1. The number of aromatic amines is 1. The topological polar surface area (TPSA) is 659 Å². The highest BCUT2D eigenvalue weighted by Crippen LogP contribution is 2.21. The number of nitrogens with one attached hydrogen (secondary N) is 14. The van der Waals surface area contributed by atoms with Crippen LogP contribution in [-0.4, -0.2) is 242 Å². The maximum Gasteiger partial charge on any atom is 0.329 e. The first-order valence-electron chi connectivity index (χ1n) is 36.2. The van der Waals surface area contributed by atoms with E-state index in [1.54, 1.807) is 36.5 Å². The van der Waals surface area contributed by atoms with E-state index in [0.29, 0.717) is 29.3 Å². The van der Waals surface area contributed by atoms with Crippen molar-refractivity contribution in [3.05, 3.63) is 71.9 Å². The minimum absolute atomic E-state index is 0.000544. The largest absolute Gasteiger partial charge is 0.481 e. The van der Waals surface area contributed by atoms with Crippen LogP contribution in [0.25, 0.3) is 10.9 Å². The quantitative estimate of drug-likeness (QED) is 0.0196. The van der Waals surface area contributed by atoms with Crippen LogP contribution in [0.15, 0.2) is 60.8 Å². The number of nitrogens with two attached hydrogens (primary N) is 2. The lowest BCUT2D eigenvalue weighted by atomic mass is 9.96. The zero-order valence-corrected chi connectivity index (χ0v) is 62.2. The number of aliphatic hydroxyl groups excluding tert-OH is 1. The summed E-state index contributed by atoms with van der Waals surface area (Å²) < 4.78 is 5.77. The molecule has 1 aromatic heterocycles. The number of benzene rings is 2. The molecule has 0 aliphatic carbocycles. The molecule has 14 amide bonds. The molecule has 41 nitrogen and oxygen atoms in total. The smallest absolute Gasteiger partial charge is 0.329 e. The number of esters is 1. The number of rotatable bonds is 34. The molecule has 4 rings (SSSR count). The van der Waals surface area contributed by atoms with Crippen molar-refractivity contribution in [2.45, 2.75) is 209 Å². The van der Waals surface area contributed by atoms with Gasteiger partial charge in [0, 0.05) is 36.4 Å². The second kappa shape index (κ2) is 47.0. The van der Waals surface area contributed by atoms with Crippen LogP contribution in [0.3, 0.4) is 0 Å². The van der Waals surface area contributed by atoms with Gasteiger partial charge in [0.05, 0.1) is 51.8 Å². The number of carboxylic acids is 4. The van der Waals surface area contributed by atoms with Crippen LogP contribution in [-0.2, 0) is 109 Å². The number of carboxylic acid groups (broad SMARTS) is 4. The summed E-state index contributed by atoms with van der Waals surface area (Å²) in [5.41, 5.74) is 12.8. The number of aliphatic carboxylic acids is 4. The van der Waals surface area contributed by atoms with E-state index in [4.69, 9.17) is 16.2 Å². The normalized spacial score (nSPS) is 21.5. The number of fused-ring (bicyclic) bond motifs is 1. The van der Waals surface area contributed by atoms with Gasteiger partial charge >= 0.3 is 29.8 Å². The fraction of sp³-hybridized carbons (Fsp3) is 0.535. The highest BCUT2D eigenvalue weighted by atomic mass is 16.5. The average Bonchev–Trinajstić information content (AvgIpc) is 1.63. The summed E-state index contributed by atoms with van der Waals surface area (Å²) in [7, 11) is 0. The second-order valence-electron chi connectivity index (χ2n) is 26.7. The van der Waals surface area contributed by atoms with Gasteiger partial charge in [-0.2, -0.15) is 0 Å². The number of para-hydroxylation sites is 1. The second-order valence-corrected chi connectivity index (χ2v) is 26.7. The molecule has 2 unspecified atom stereocenters. The molecule has 1 saturated heterocycles. The van der Waals surface area contributed by atoms with Gasteiger partial charge in [-0.3, -0.25) is 86.3 Å². The molecule has 0 spiro atoms. The van der Waals surface area contributed by atoms with Crippen LogP contribution in [0.1, 0.15) is 135 Å². The number of H-pyrrole nitrogens is 1. The number of unbranched alkanes of at least 4 members (excludes halogenated alkanes) is 6. The van der Waals surface area contributed by atoms with Crippen molar-refractivity contribution in [1.29, 1.82) is 0 Å². The van der Waals surface area contributed by atoms with Crippen molar-refractivity contribution in [3.63, 3.8) is 0 Å². The third-order valence-corrected chi connectivity index (χ3v) is 17.5. The molecule has 0 bridgehead atoms. The standard InChI is InChI=1S/C71H100N16O25/c1-5-6-7-8-9-10-14-23-52(90)79-44(27-40-32-74-42-21-16-15-20-41(40)42)65(105)82-45(28-51(73)89)66(106)84-48(31-58(99)100)67(107)87-60-38(4)112-71(111)49(26-39-18-12-11-13-19-39)85-70(110)59(36(2)25-55(93)94)86-68(108)50(35-88)80-54(92)33-75-62(102)46(29-56(95)96)81-61(101)37(3)77-64(104)47(30-57(97)98)83-63(103)43(22-17-24-72)78-53(91)34-76-69(60)109/h11-13,15-16,18-21,32,36-38,43-50,59-60,74,88H,5-10,14,17,22-31,33-35,72H2,1-4H3,(H2,73,89)(H,75,102)(H,76,109)(H,77,104)(H,78,91)(H,79,90)(H,80,92)(H,81,101)(H,82,105)(H,83,103)(H,84,106)(H,85,110)(H,86,108)(H,87,107)(H,93,94)(H,95,96)(H,97,98)(H,99,100)/t36-,37+,38-,43-,44+,45+,46-,47-,48-,49?,50+,59+,60?/m0/s1. The third-order valence-electron chi connectivity index (χ3n) is 17.5. The van der Waals surface area contributed by atoms with Gasteiger partial charge in [-0.25, -0.2) is 4.79 Å². The number of carbonyl (C=O) groups is 19. The van der Waals surface area contributed by atoms with Crippen molar-refractivity contribution >= 4 is 123 Å². The van der Waals surface area contributed by atoms with Crippen molar-refractivity contribution < 1.29 is 121 Å². The Balaban J connectivity index is 1.84. The molecule has 0 radical (unpaired) electrons. The van der Waals surface area contributed by atoms with E-state index in [2.05, 4.69) is 65.1 Å². The highest BCUT2D eigenvalue weighted by molar-refractivity contribution is 6.02. The number of hydrogen-bond acceptors (Lipinski definition) is 22. The lowest BCUT2D eigenvalue weighted by molar-refractivity contribution is -0.156. The summed E-state index contributed by atoms with van der Waals surface area (Å²) >= 11 is 0. The Morgan fingerprint density at radius 2 is 1.08 bits per heavy atom. The van der Waals surface area contributed by atoms with Gasteiger partial charge < -0.3 is 116 Å². The minimum atomic E-state index is -2.34. The molecule has 112 heavy (non-hydrogen) atoms. The fourth-order valence-electron chi connectivity index (χ4n) is 11.5. The van der Waals surface area contributed by atoms with Gasteiger partial charge in [0.2, 0.25) is 82.7 Å². The first-order valence-corrected chi connectivity index (χ1v) is 36.2. The van der Waals surface area contributed by atoms with E-state index >= 15 is 0 Å². The molecule has 23 N–H and O–H groups in total. The Morgan fingerprint density at radius 1 is 0.545 bits per heavy atom. The van der Waals surface area contributed by atoms with E-state index in [1.807, 2.05) is 16.0 Å². The molecule has 614 valence electrons. The molecular weight excluding hydrogens is 1480 g/mol. The summed E-state index contributed by atoms with van der Waals surface area (Å²) in [6.07, 6.45) is -1.15. The Hall–Kier alpha value is -12.2. The minimum Gasteiger partial charge on any atom is -0.481 e. The summed E-state index contributed by atoms with van der Waals surface area (Å²) in [5, 5.41) is 79.2. The third kappa shape index (κ3) is 32.2. The zero-order chi connectivity index (χ0) is 83.3. The van der Waals surface area contributed by atoms with E-state index in [1.165, 1.54) is 24.3 Å². The van der Waals surface area contributed by atoms with Gasteiger partial charge in [-0.05, 0) is 62.8 Å². The van der Waals surface area contributed by atoms with Gasteiger partial charge in [0.25, 0.3) is 0 Å². The molecule has 3 aromatic rings. The Kier molecular flexibility index (Phi) is 38.7. The predicted molar refractivity (Wildman–Crippen MR) is 391 cm³/mol. The number of aliphatic hydroxyl groups is 1. The molecular formula is C71H100N16O25. The summed E-state index contributed by atoms with van der Waals surface area (Å²) in [6, 6.07) is -7.25. The molecule has 2 aromatic carbocycles. The van der Waals surface area contributed by atoms with Gasteiger partial charge in [-0.15, -0.1) is 0 Å². The molecule has 1 aliphatic heterocycles. The molecule has 41 heteroatoms. The maximum atomic E-state index is 14.8. The van der Waals surface area contributed by atoms with E-state index in [9.17, 15) is 117 Å². The maximum absolute atomic E-state index is 14.8. The predicted octanol–water partition coefficient (Wildman–Crippen LogP) is -5.23. The van der Waals surface area contributed by atoms with Crippen molar-refractivity contribution in [2.24, 2.45) is 17.4 Å². The van der Waals surface area contributed by atoms with E-state index in [-0.39, 0.29) is 37.8 Å². The summed E-state index contributed by atoms with van der Waals surface area (Å²) in [4.78, 5) is 261. The monoisotopic (exact) mass is 1580 g/mol. The lowest BCUT2D eigenvalue weighted by Crippen LogP contribution is -2.62. The van der Waals surface area contributed by atoms with Crippen LogP contribution in [0, 0.1) is 5.92 Å². The van der Waals surface area contributed by atoms with Crippen molar-refractivity contribution in [2.75, 3.05) is 26.2 Å². The Bertz CT molecular complexity index is 3860. The van der Waals surface area contributed by atoms with Gasteiger partial charge in [-0.1, -0.05) is 101 Å². The first-order chi connectivity index (χ1) is 53.0. The molecule has 0 saturated carbocycles. The number of amides is 14. The molecule has 1 fully saturated rings. The van der Waals surface area contributed by atoms with Crippen LogP contribution in [0.2, 0.25) is 0 Å². The highest BCUT2D eigenvalue weighted by Gasteiger charge is 2.41. The van der Waals surface area contributed by atoms with Crippen molar-refractivity contribution in [1.82, 2.24) is 74.1 Å². The number of cyclic esters (lactones) is 1. The van der Waals surface area contributed by atoms with Gasteiger partial charge in [0.1, 0.15) is 72.6 Å². The first kappa shape index (κ1) is 92.2. The molecule has 2 heterocycles. The zero-order valence-electron chi connectivity index (χ0n) is 62.2. The van der Waals surface area contributed by atoms with Crippen LogP contribution in [0.4, 0.5) is 0 Å². The molecule has 1 aliphatic rings. The van der Waals surface area contributed by atoms with Gasteiger partial charge in [0.15, 0.2) is 0 Å². The summed E-state index contributed by atoms with van der Waals surface area (Å²) in [6.45, 7) is 1.48.